The summed E-state index contributed by atoms with van der Waals surface area (Å²) in [7, 11) is 1.72. The zero-order chi connectivity index (χ0) is 28.8. The molecule has 1 heterocycles. The number of carbonyl (C=O) groups is 2. The van der Waals surface area contributed by atoms with Crippen molar-refractivity contribution in [3.05, 3.63) is 93.8 Å². The number of hydrogen-bond donors (Lipinski definition) is 1. The van der Waals surface area contributed by atoms with Gasteiger partial charge in [0.15, 0.2) is 5.78 Å². The molecule has 1 unspecified atom stereocenters. The molecule has 0 aliphatic heterocycles. The van der Waals surface area contributed by atoms with Crippen LogP contribution in [0.15, 0.2) is 71.5 Å². The van der Waals surface area contributed by atoms with Gasteiger partial charge in [-0.2, -0.15) is 0 Å². The fraction of sp³-hybridized carbons (Fsp3) is 0.324. The van der Waals surface area contributed by atoms with Crippen molar-refractivity contribution in [2.45, 2.75) is 54.1 Å². The number of esters is 1. The van der Waals surface area contributed by atoms with E-state index in [0.717, 1.165) is 40.6 Å². The lowest BCUT2D eigenvalue weighted by atomic mass is 9.73. The largest absolute Gasteiger partial charge is 0.460 e. The van der Waals surface area contributed by atoms with Gasteiger partial charge in [0.25, 0.3) is 5.56 Å². The highest BCUT2D eigenvalue weighted by Gasteiger charge is 2.37. The SMILES string of the molecule is CCC(C)(CC(C)(C)C)C(=O)OCc1ccc(Nc2ccc3c4c(cc(=O)n3C)-c3ccccc3C(=O)c24)cc1. The smallest absolute Gasteiger partial charge is 0.312 e. The molecule has 1 aliphatic rings. The molecule has 5 rings (SSSR count). The van der Waals surface area contributed by atoms with Crippen LogP contribution in [-0.2, 0) is 23.2 Å². The van der Waals surface area contributed by atoms with Crippen LogP contribution in [0.1, 0.15) is 68.9 Å². The monoisotopic (exact) mass is 536 g/mol. The van der Waals surface area contributed by atoms with E-state index in [0.29, 0.717) is 22.3 Å². The number of hydrogen-bond acceptors (Lipinski definition) is 5. The van der Waals surface area contributed by atoms with Crippen molar-refractivity contribution in [2.24, 2.45) is 17.9 Å². The molecule has 0 fully saturated rings. The maximum absolute atomic E-state index is 13.7. The molecule has 206 valence electrons. The van der Waals surface area contributed by atoms with Gasteiger partial charge in [-0.15, -0.1) is 0 Å². The molecule has 0 saturated heterocycles. The molecular weight excluding hydrogens is 500 g/mol. The van der Waals surface area contributed by atoms with Crippen LogP contribution in [0.25, 0.3) is 22.0 Å². The van der Waals surface area contributed by atoms with Gasteiger partial charge in [-0.1, -0.05) is 64.1 Å². The van der Waals surface area contributed by atoms with Crippen LogP contribution in [0, 0.1) is 10.8 Å². The standard InChI is InChI=1S/C34H36N2O4/c1-7-34(5,20-33(2,3)4)32(39)40-19-21-12-14-22(15-13-21)35-26-16-17-27-29-25(18-28(37)36(27)6)23-10-8-9-11-24(23)31(38)30(26)29/h8-18,35H,7,19-20H2,1-6H3. The van der Waals surface area contributed by atoms with Gasteiger partial charge in [0.2, 0.25) is 0 Å². The van der Waals surface area contributed by atoms with Gasteiger partial charge in [0, 0.05) is 29.8 Å². The van der Waals surface area contributed by atoms with E-state index in [1.165, 1.54) is 0 Å². The summed E-state index contributed by atoms with van der Waals surface area (Å²) in [4.78, 5) is 39.4. The van der Waals surface area contributed by atoms with Gasteiger partial charge in [0.05, 0.1) is 22.2 Å². The summed E-state index contributed by atoms with van der Waals surface area (Å²) >= 11 is 0. The summed E-state index contributed by atoms with van der Waals surface area (Å²) in [6.07, 6.45) is 1.48. The number of benzene rings is 3. The lowest BCUT2D eigenvalue weighted by Crippen LogP contribution is -2.33. The van der Waals surface area contributed by atoms with E-state index in [2.05, 4.69) is 26.1 Å². The minimum absolute atomic E-state index is 0.0259. The number of carbonyl (C=O) groups excluding carboxylic acids is 2. The number of anilines is 2. The van der Waals surface area contributed by atoms with Crippen LogP contribution >= 0.6 is 0 Å². The molecule has 1 aliphatic carbocycles. The van der Waals surface area contributed by atoms with Crippen LogP contribution in [0.3, 0.4) is 0 Å². The van der Waals surface area contributed by atoms with E-state index >= 15 is 0 Å². The van der Waals surface area contributed by atoms with Gasteiger partial charge < -0.3 is 14.6 Å². The summed E-state index contributed by atoms with van der Waals surface area (Å²) in [5.74, 6) is -0.251. The second-order valence-corrected chi connectivity index (χ2v) is 12.3. The van der Waals surface area contributed by atoms with Crippen molar-refractivity contribution in [1.82, 2.24) is 4.57 Å². The summed E-state index contributed by atoms with van der Waals surface area (Å²) in [5.41, 5.74) is 5.15. The van der Waals surface area contributed by atoms with Crippen molar-refractivity contribution < 1.29 is 14.3 Å². The first-order valence-electron chi connectivity index (χ1n) is 13.8. The number of pyridine rings is 1. The van der Waals surface area contributed by atoms with Gasteiger partial charge in [0.1, 0.15) is 6.61 Å². The number of nitrogens with zero attached hydrogens (tertiary/aromatic N) is 1. The Bertz CT molecular complexity index is 1690. The van der Waals surface area contributed by atoms with Crippen LogP contribution in [0.5, 0.6) is 0 Å². The molecule has 0 spiro atoms. The predicted octanol–water partition coefficient (Wildman–Crippen LogP) is 7.39. The molecule has 0 bridgehead atoms. The van der Waals surface area contributed by atoms with Gasteiger partial charge in [-0.25, -0.2) is 0 Å². The number of nitrogens with one attached hydrogen (secondary N) is 1. The molecule has 1 aromatic heterocycles. The molecule has 40 heavy (non-hydrogen) atoms. The minimum atomic E-state index is -0.523. The second kappa shape index (κ2) is 10.1. The Kier molecular flexibility index (Phi) is 6.90. The third-order valence-corrected chi connectivity index (χ3v) is 7.90. The average molecular weight is 537 g/mol. The van der Waals surface area contributed by atoms with Crippen LogP contribution in [0.2, 0.25) is 0 Å². The van der Waals surface area contributed by atoms with Crippen LogP contribution < -0.4 is 10.9 Å². The van der Waals surface area contributed by atoms with E-state index in [1.807, 2.05) is 74.5 Å². The molecule has 4 aromatic rings. The number of fused-ring (bicyclic) bond motifs is 2. The third-order valence-electron chi connectivity index (χ3n) is 7.90. The zero-order valence-electron chi connectivity index (χ0n) is 24.1. The summed E-state index contributed by atoms with van der Waals surface area (Å²) in [6.45, 7) is 10.6. The first-order valence-corrected chi connectivity index (χ1v) is 13.8. The van der Waals surface area contributed by atoms with Crippen LogP contribution in [0.4, 0.5) is 11.4 Å². The Hall–Kier alpha value is -4.19. The highest BCUT2D eigenvalue weighted by Crippen LogP contribution is 2.42. The number of aromatic nitrogens is 1. The Morgan fingerprint density at radius 2 is 1.57 bits per heavy atom. The molecule has 0 radical (unpaired) electrons. The highest BCUT2D eigenvalue weighted by atomic mass is 16.5. The summed E-state index contributed by atoms with van der Waals surface area (Å²) in [6, 6.07) is 20.4. The van der Waals surface area contributed by atoms with E-state index in [9.17, 15) is 14.4 Å². The van der Waals surface area contributed by atoms with Crippen LogP contribution in [-0.4, -0.2) is 16.3 Å². The summed E-state index contributed by atoms with van der Waals surface area (Å²) < 4.78 is 7.31. The molecule has 1 N–H and O–H groups in total. The number of ketones is 1. The van der Waals surface area contributed by atoms with Gasteiger partial charge in [-0.05, 0) is 66.1 Å². The normalized spacial score (nSPS) is 14.0. The second-order valence-electron chi connectivity index (χ2n) is 12.3. The molecule has 6 heteroatoms. The molecule has 3 aromatic carbocycles. The molecule has 6 nitrogen and oxygen atoms in total. The highest BCUT2D eigenvalue weighted by molar-refractivity contribution is 6.28. The van der Waals surface area contributed by atoms with Gasteiger partial charge >= 0.3 is 5.97 Å². The lowest BCUT2D eigenvalue weighted by Gasteiger charge is -2.32. The Morgan fingerprint density at radius 1 is 0.900 bits per heavy atom. The van der Waals surface area contributed by atoms with Crippen molar-refractivity contribution in [1.29, 1.82) is 0 Å². The Balaban J connectivity index is 1.41. The van der Waals surface area contributed by atoms with Gasteiger partial charge in [-0.3, -0.25) is 14.4 Å². The first-order chi connectivity index (χ1) is 18.9. The average Bonchev–Trinajstić information content (AvgIpc) is 2.92. The minimum Gasteiger partial charge on any atom is -0.460 e. The Labute approximate surface area is 235 Å². The summed E-state index contributed by atoms with van der Waals surface area (Å²) in [5, 5.41) is 4.18. The fourth-order valence-electron chi connectivity index (χ4n) is 5.83. The topological polar surface area (TPSA) is 77.4 Å². The quantitative estimate of drug-likeness (QED) is 0.220. The van der Waals surface area contributed by atoms with Crippen molar-refractivity contribution in [2.75, 3.05) is 5.32 Å². The number of aryl methyl sites for hydroxylation is 1. The van der Waals surface area contributed by atoms with E-state index in [1.54, 1.807) is 17.7 Å². The molecular formula is C34H36N2O4. The zero-order valence-corrected chi connectivity index (χ0v) is 24.1. The number of ether oxygens (including phenoxy) is 1. The van der Waals surface area contributed by atoms with E-state index in [-0.39, 0.29) is 29.3 Å². The first kappa shape index (κ1) is 27.4. The van der Waals surface area contributed by atoms with Crippen molar-refractivity contribution >= 4 is 34.0 Å². The Morgan fingerprint density at radius 3 is 2.23 bits per heavy atom. The van der Waals surface area contributed by atoms with E-state index in [4.69, 9.17) is 4.74 Å². The molecule has 0 saturated carbocycles. The van der Waals surface area contributed by atoms with Crippen molar-refractivity contribution in [3.8, 4) is 11.1 Å². The molecule has 0 amide bonds. The maximum Gasteiger partial charge on any atom is 0.312 e. The predicted molar refractivity (Wildman–Crippen MR) is 160 cm³/mol. The number of rotatable bonds is 7. The molecule has 1 atom stereocenters. The van der Waals surface area contributed by atoms with E-state index < -0.39 is 5.41 Å². The van der Waals surface area contributed by atoms with Crippen molar-refractivity contribution in [3.63, 3.8) is 0 Å². The lowest BCUT2D eigenvalue weighted by molar-refractivity contribution is -0.158. The third kappa shape index (κ3) is 4.94. The fourth-order valence-corrected chi connectivity index (χ4v) is 5.83. The maximum atomic E-state index is 13.7.